The van der Waals surface area contributed by atoms with Crippen LogP contribution in [0.5, 0.6) is 11.5 Å². The second-order valence-corrected chi connectivity index (χ2v) is 11.1. The van der Waals surface area contributed by atoms with Crippen molar-refractivity contribution < 1.29 is 28.8 Å². The SMILES string of the molecule is COCCCOc1cc(C[C@@H](C[C@H](N)[C@@H](O)CNC(=O)[C@@H](CC2CCCCC2)OC)C(C)C)ccc1OC. The number of hydrogen-bond donors (Lipinski definition) is 3. The number of ether oxygens (including phenoxy) is 4. The molecule has 0 heterocycles. The minimum absolute atomic E-state index is 0.122. The summed E-state index contributed by atoms with van der Waals surface area (Å²) < 4.78 is 22.0. The topological polar surface area (TPSA) is 112 Å². The summed E-state index contributed by atoms with van der Waals surface area (Å²) in [5.41, 5.74) is 7.57. The number of carbonyl (C=O) groups excluding carboxylic acids is 1. The highest BCUT2D eigenvalue weighted by Gasteiger charge is 2.27. The number of aliphatic hydroxyl groups is 1. The van der Waals surface area contributed by atoms with Gasteiger partial charge in [0.25, 0.3) is 0 Å². The molecule has 4 atom stereocenters. The normalized spacial score (nSPS) is 17.6. The van der Waals surface area contributed by atoms with Crippen LogP contribution in [0.15, 0.2) is 18.2 Å². The summed E-state index contributed by atoms with van der Waals surface area (Å²) in [6.45, 7) is 5.66. The maximum Gasteiger partial charge on any atom is 0.249 e. The van der Waals surface area contributed by atoms with Crippen molar-refractivity contribution in [3.8, 4) is 11.5 Å². The molecule has 2 rings (SSSR count). The van der Waals surface area contributed by atoms with Crippen LogP contribution in [0.3, 0.4) is 0 Å². The van der Waals surface area contributed by atoms with Crippen LogP contribution in [-0.2, 0) is 20.7 Å². The molecule has 1 amide bonds. The lowest BCUT2D eigenvalue weighted by Gasteiger charge is -2.28. The van der Waals surface area contributed by atoms with Crippen molar-refractivity contribution in [2.75, 3.05) is 41.1 Å². The van der Waals surface area contributed by atoms with Gasteiger partial charge in [-0.2, -0.15) is 0 Å². The molecule has 0 spiro atoms. The van der Waals surface area contributed by atoms with Crippen LogP contribution in [-0.4, -0.2) is 70.4 Å². The summed E-state index contributed by atoms with van der Waals surface area (Å²) in [4.78, 5) is 12.7. The number of rotatable bonds is 18. The number of nitrogens with one attached hydrogen (secondary N) is 1. The molecule has 1 aliphatic rings. The first-order chi connectivity index (χ1) is 18.3. The van der Waals surface area contributed by atoms with Crippen LogP contribution >= 0.6 is 0 Å². The van der Waals surface area contributed by atoms with Gasteiger partial charge < -0.3 is 35.1 Å². The van der Waals surface area contributed by atoms with E-state index in [0.717, 1.165) is 43.4 Å². The lowest BCUT2D eigenvalue weighted by molar-refractivity contribution is -0.132. The van der Waals surface area contributed by atoms with E-state index >= 15 is 0 Å². The molecular formula is C30H52N2O6. The Kier molecular flexibility index (Phi) is 15.0. The predicted molar refractivity (Wildman–Crippen MR) is 151 cm³/mol. The zero-order chi connectivity index (χ0) is 27.9. The van der Waals surface area contributed by atoms with Crippen LogP contribution < -0.4 is 20.5 Å². The van der Waals surface area contributed by atoms with Gasteiger partial charge in [0.15, 0.2) is 11.5 Å². The van der Waals surface area contributed by atoms with E-state index < -0.39 is 18.2 Å². The third-order valence-corrected chi connectivity index (χ3v) is 7.82. The summed E-state index contributed by atoms with van der Waals surface area (Å²) in [6, 6.07) is 5.56. The Morgan fingerprint density at radius 1 is 1.11 bits per heavy atom. The Morgan fingerprint density at radius 2 is 1.84 bits per heavy atom. The predicted octanol–water partition coefficient (Wildman–Crippen LogP) is 4.11. The molecule has 0 aliphatic heterocycles. The van der Waals surface area contributed by atoms with Crippen molar-refractivity contribution in [3.63, 3.8) is 0 Å². The number of hydrogen-bond acceptors (Lipinski definition) is 7. The van der Waals surface area contributed by atoms with E-state index in [9.17, 15) is 9.90 Å². The van der Waals surface area contributed by atoms with Gasteiger partial charge in [-0.05, 0) is 54.7 Å². The highest BCUT2D eigenvalue weighted by molar-refractivity contribution is 5.80. The molecular weight excluding hydrogens is 484 g/mol. The minimum Gasteiger partial charge on any atom is -0.493 e. The summed E-state index contributed by atoms with van der Waals surface area (Å²) in [6.07, 6.45) is 7.72. The van der Waals surface area contributed by atoms with E-state index in [2.05, 4.69) is 25.2 Å². The van der Waals surface area contributed by atoms with Gasteiger partial charge in [0, 0.05) is 39.8 Å². The molecule has 1 aromatic carbocycles. The number of methoxy groups -OCH3 is 3. The van der Waals surface area contributed by atoms with Crippen LogP contribution in [0.25, 0.3) is 0 Å². The highest BCUT2D eigenvalue weighted by atomic mass is 16.5. The van der Waals surface area contributed by atoms with Crippen molar-refractivity contribution in [3.05, 3.63) is 23.8 Å². The van der Waals surface area contributed by atoms with Gasteiger partial charge in [0.1, 0.15) is 6.10 Å². The lowest BCUT2D eigenvalue weighted by atomic mass is 9.83. The molecule has 1 fully saturated rings. The third-order valence-electron chi connectivity index (χ3n) is 7.82. The quantitative estimate of drug-likeness (QED) is 0.242. The summed E-state index contributed by atoms with van der Waals surface area (Å²) >= 11 is 0. The molecule has 8 heteroatoms. The van der Waals surface area contributed by atoms with Gasteiger partial charge in [-0.25, -0.2) is 0 Å². The fourth-order valence-electron chi connectivity index (χ4n) is 5.25. The molecule has 8 nitrogen and oxygen atoms in total. The Morgan fingerprint density at radius 3 is 2.47 bits per heavy atom. The van der Waals surface area contributed by atoms with Crippen molar-refractivity contribution in [1.82, 2.24) is 5.32 Å². The second-order valence-electron chi connectivity index (χ2n) is 11.1. The summed E-state index contributed by atoms with van der Waals surface area (Å²) in [7, 11) is 4.90. The van der Waals surface area contributed by atoms with Gasteiger partial charge in [0.05, 0.1) is 19.8 Å². The lowest BCUT2D eigenvalue weighted by Crippen LogP contribution is -2.47. The van der Waals surface area contributed by atoms with E-state index in [-0.39, 0.29) is 18.4 Å². The van der Waals surface area contributed by atoms with Crippen LogP contribution in [0, 0.1) is 17.8 Å². The van der Waals surface area contributed by atoms with Crippen LogP contribution in [0.2, 0.25) is 0 Å². The molecule has 218 valence electrons. The Hall–Kier alpha value is -1.87. The molecule has 0 saturated heterocycles. The molecule has 4 N–H and O–H groups in total. The van der Waals surface area contributed by atoms with Gasteiger partial charge >= 0.3 is 0 Å². The first-order valence-electron chi connectivity index (χ1n) is 14.3. The van der Waals surface area contributed by atoms with Gasteiger partial charge in [-0.15, -0.1) is 0 Å². The highest BCUT2D eigenvalue weighted by Crippen LogP contribution is 2.31. The van der Waals surface area contributed by atoms with E-state index in [1.54, 1.807) is 21.3 Å². The largest absolute Gasteiger partial charge is 0.493 e. The second kappa shape index (κ2) is 17.7. The number of benzene rings is 1. The Bertz CT molecular complexity index is 799. The molecule has 0 bridgehead atoms. The molecule has 38 heavy (non-hydrogen) atoms. The zero-order valence-corrected chi connectivity index (χ0v) is 24.2. The molecule has 0 radical (unpaired) electrons. The van der Waals surface area contributed by atoms with E-state index in [1.165, 1.54) is 19.3 Å². The zero-order valence-electron chi connectivity index (χ0n) is 24.2. The van der Waals surface area contributed by atoms with E-state index in [1.807, 2.05) is 12.1 Å². The van der Waals surface area contributed by atoms with Crippen molar-refractivity contribution in [2.45, 2.75) is 89.9 Å². The van der Waals surface area contributed by atoms with Crippen molar-refractivity contribution in [1.29, 1.82) is 0 Å². The third kappa shape index (κ3) is 11.1. The monoisotopic (exact) mass is 536 g/mol. The van der Waals surface area contributed by atoms with E-state index in [4.69, 9.17) is 24.7 Å². The number of amides is 1. The molecule has 1 aromatic rings. The molecule has 0 aromatic heterocycles. The van der Waals surface area contributed by atoms with E-state index in [0.29, 0.717) is 37.2 Å². The van der Waals surface area contributed by atoms with Gasteiger partial charge in [0.2, 0.25) is 5.91 Å². The Labute approximate surface area is 229 Å². The minimum atomic E-state index is -0.831. The fourth-order valence-corrected chi connectivity index (χ4v) is 5.25. The Balaban J connectivity index is 1.90. The maximum atomic E-state index is 12.7. The van der Waals surface area contributed by atoms with Crippen LogP contribution in [0.4, 0.5) is 0 Å². The van der Waals surface area contributed by atoms with Gasteiger partial charge in [-0.3, -0.25) is 4.79 Å². The van der Waals surface area contributed by atoms with Crippen molar-refractivity contribution >= 4 is 5.91 Å². The molecule has 1 saturated carbocycles. The first-order valence-corrected chi connectivity index (χ1v) is 14.3. The number of nitrogens with two attached hydrogens (primary N) is 1. The molecule has 0 unspecified atom stereocenters. The average Bonchev–Trinajstić information content (AvgIpc) is 2.92. The number of aliphatic hydroxyl groups excluding tert-OH is 1. The summed E-state index contributed by atoms with van der Waals surface area (Å²) in [5.74, 6) is 2.41. The van der Waals surface area contributed by atoms with Gasteiger partial charge in [-0.1, -0.05) is 52.0 Å². The maximum absolute atomic E-state index is 12.7. The van der Waals surface area contributed by atoms with Crippen LogP contribution in [0.1, 0.15) is 70.8 Å². The first kappa shape index (κ1) is 32.3. The smallest absolute Gasteiger partial charge is 0.249 e. The fraction of sp³-hybridized carbons (Fsp3) is 0.767. The molecule has 1 aliphatic carbocycles. The summed E-state index contributed by atoms with van der Waals surface area (Å²) in [5, 5.41) is 13.6. The average molecular weight is 537 g/mol. The van der Waals surface area contributed by atoms with Crippen molar-refractivity contribution in [2.24, 2.45) is 23.5 Å². The number of carbonyl (C=O) groups is 1. The standard InChI is InChI=1S/C30H52N2O6/c1-21(2)24(16-23-12-13-27(36-4)28(18-23)38-15-9-14-35-3)19-25(31)26(33)20-32-30(34)29(37-5)17-22-10-7-6-8-11-22/h12-13,18,21-22,24-26,29,33H,6-11,14-17,19-20,31H2,1-5H3,(H,32,34)/t24-,25-,26-,29+/m0/s1.